The van der Waals surface area contributed by atoms with Crippen molar-refractivity contribution in [3.05, 3.63) is 0 Å². The van der Waals surface area contributed by atoms with Crippen LogP contribution in [0.25, 0.3) is 0 Å². The molecule has 0 bridgehead atoms. The Balaban J connectivity index is 2.83. The minimum Gasteiger partial charge on any atom is -0.449 e. The molecule has 36 valence electrons. The van der Waals surface area contributed by atoms with Crippen molar-refractivity contribution in [3.63, 3.8) is 0 Å². The molecule has 0 aliphatic rings. The summed E-state index contributed by atoms with van der Waals surface area (Å²) in [6, 6.07) is 0. The van der Waals surface area contributed by atoms with Crippen molar-refractivity contribution >= 4 is 36.6 Å². The molecule has 0 aromatic heterocycles. The predicted molar refractivity (Wildman–Crippen MR) is 30.7 cm³/mol. The van der Waals surface area contributed by atoms with Gasteiger partial charge < -0.3 is 9.29 Å². The van der Waals surface area contributed by atoms with E-state index in [2.05, 4.69) is 4.18 Å². The molecule has 0 aromatic rings. The zero-order valence-corrected chi connectivity index (χ0v) is 5.52. The molecular weight excluding hydrogens is 219 g/mol. The molecule has 0 rings (SSSR count). The summed E-state index contributed by atoms with van der Waals surface area (Å²) in [5, 5.41) is 7.67. The predicted octanol–water partition coefficient (Wildman–Crippen LogP) is 1.68. The van der Waals surface area contributed by atoms with Gasteiger partial charge in [-0.2, -0.15) is 0 Å². The number of hydrogen-bond donors (Lipinski definition) is 1. The third kappa shape index (κ3) is 4.35. The average molecular weight is 220 g/mol. The molecule has 0 amide bonds. The highest BCUT2D eigenvalue weighted by Gasteiger charge is 1.89. The number of carboxylic acid groups (broad SMARTS) is 1. The Hall–Kier alpha value is 0.350. The molecule has 0 aromatic carbocycles. The lowest BCUT2D eigenvalue weighted by molar-refractivity contribution is 0.154. The first-order valence-electron chi connectivity index (χ1n) is 0.953. The summed E-state index contributed by atoms with van der Waals surface area (Å²) in [5.41, 5.74) is 0. The van der Waals surface area contributed by atoms with Crippen LogP contribution in [0.1, 0.15) is 0 Å². The van der Waals surface area contributed by atoms with Crippen LogP contribution in [0.3, 0.4) is 0 Å². The number of hydrogen-bond acceptors (Lipinski definition) is 3. The minimum absolute atomic E-state index is 0.780. The van der Waals surface area contributed by atoms with E-state index in [0.717, 1.165) is 9.21 Å². The normalized spacial score (nSPS) is 7.50. The van der Waals surface area contributed by atoms with Gasteiger partial charge in [0, 0.05) is 21.2 Å². The topological polar surface area (TPSA) is 46.5 Å². The molecule has 0 saturated heterocycles. The van der Waals surface area contributed by atoms with E-state index in [1.165, 1.54) is 0 Å². The molecule has 3 nitrogen and oxygen atoms in total. The second-order valence-corrected chi connectivity index (χ2v) is 1.78. The van der Waals surface area contributed by atoms with Gasteiger partial charge in [0.15, 0.2) is 0 Å². The SMILES string of the molecule is O=C(O)OSI. The van der Waals surface area contributed by atoms with Crippen molar-refractivity contribution in [3.8, 4) is 0 Å². The number of rotatable bonds is 1. The van der Waals surface area contributed by atoms with Gasteiger partial charge in [0.1, 0.15) is 9.21 Å². The van der Waals surface area contributed by atoms with Crippen molar-refractivity contribution in [1.82, 2.24) is 0 Å². The lowest BCUT2D eigenvalue weighted by atomic mass is 11.5. The smallest absolute Gasteiger partial charge is 0.449 e. The Morgan fingerprint density at radius 2 is 2.50 bits per heavy atom. The van der Waals surface area contributed by atoms with Gasteiger partial charge in [0.25, 0.3) is 0 Å². The van der Waals surface area contributed by atoms with E-state index < -0.39 is 6.16 Å². The zero-order chi connectivity index (χ0) is 4.99. The molecular formula is CHIO3S. The maximum Gasteiger partial charge on any atom is 0.518 e. The van der Waals surface area contributed by atoms with E-state index in [9.17, 15) is 4.79 Å². The number of halogens is 1. The fourth-order valence-electron chi connectivity index (χ4n) is 0.0269. The Morgan fingerprint density at radius 3 is 2.50 bits per heavy atom. The maximum atomic E-state index is 9.35. The summed E-state index contributed by atoms with van der Waals surface area (Å²) < 4.78 is 3.86. The van der Waals surface area contributed by atoms with Crippen molar-refractivity contribution in [1.29, 1.82) is 0 Å². The first-order chi connectivity index (χ1) is 2.77. The molecule has 1 N–H and O–H groups in total. The molecule has 0 heterocycles. The molecule has 0 fully saturated rings. The van der Waals surface area contributed by atoms with Gasteiger partial charge in [-0.3, -0.25) is 0 Å². The monoisotopic (exact) mass is 220 g/mol. The summed E-state index contributed by atoms with van der Waals surface area (Å²) in [7, 11) is 0.780. The van der Waals surface area contributed by atoms with Crippen LogP contribution in [0.4, 0.5) is 4.79 Å². The van der Waals surface area contributed by atoms with Gasteiger partial charge in [-0.25, -0.2) is 4.79 Å². The highest BCUT2D eigenvalue weighted by molar-refractivity contribution is 14.2. The Morgan fingerprint density at radius 1 is 2.00 bits per heavy atom. The molecule has 0 unspecified atom stereocenters. The van der Waals surface area contributed by atoms with Crippen LogP contribution in [0, 0.1) is 0 Å². The van der Waals surface area contributed by atoms with E-state index in [-0.39, 0.29) is 0 Å². The third-order valence-electron chi connectivity index (χ3n) is 0.103. The maximum absolute atomic E-state index is 9.35. The fourth-order valence-corrected chi connectivity index (χ4v) is 0.542. The van der Waals surface area contributed by atoms with Crippen LogP contribution in [0.15, 0.2) is 0 Å². The minimum atomic E-state index is -1.26. The summed E-state index contributed by atoms with van der Waals surface area (Å²) >= 11 is 1.72. The molecule has 5 heteroatoms. The van der Waals surface area contributed by atoms with Crippen molar-refractivity contribution in [2.24, 2.45) is 0 Å². The van der Waals surface area contributed by atoms with Crippen LogP contribution < -0.4 is 0 Å². The second-order valence-electron chi connectivity index (χ2n) is 0.412. The van der Waals surface area contributed by atoms with Crippen LogP contribution >= 0.6 is 30.4 Å². The van der Waals surface area contributed by atoms with Crippen LogP contribution in [0.2, 0.25) is 0 Å². The zero-order valence-electron chi connectivity index (χ0n) is 2.55. The van der Waals surface area contributed by atoms with Gasteiger partial charge in [0.2, 0.25) is 0 Å². The van der Waals surface area contributed by atoms with Crippen molar-refractivity contribution in [2.75, 3.05) is 0 Å². The Kier molecular flexibility index (Phi) is 3.74. The lowest BCUT2D eigenvalue weighted by Crippen LogP contribution is -1.87. The van der Waals surface area contributed by atoms with Crippen molar-refractivity contribution < 1.29 is 14.1 Å². The first kappa shape index (κ1) is 6.35. The molecule has 0 spiro atoms. The quantitative estimate of drug-likeness (QED) is 0.539. The van der Waals surface area contributed by atoms with Crippen molar-refractivity contribution in [2.45, 2.75) is 0 Å². The fraction of sp³-hybridized carbons (Fsp3) is 0. The standard InChI is InChI=1S/CHIO3S/c2-6-5-1(3)4/h(H,3,4). The molecule has 6 heavy (non-hydrogen) atoms. The Labute approximate surface area is 50.8 Å². The van der Waals surface area contributed by atoms with Gasteiger partial charge in [-0.05, 0) is 0 Å². The summed E-state index contributed by atoms with van der Waals surface area (Å²) in [5.74, 6) is 0. The van der Waals surface area contributed by atoms with E-state index in [0.29, 0.717) is 0 Å². The van der Waals surface area contributed by atoms with E-state index in [1.54, 1.807) is 21.2 Å². The first-order valence-corrected chi connectivity index (χ1v) is 4.24. The highest BCUT2D eigenvalue weighted by Crippen LogP contribution is 2.11. The largest absolute Gasteiger partial charge is 0.518 e. The average Bonchev–Trinajstić information content (AvgIpc) is 1.35. The Bertz CT molecular complexity index is 54.8. The molecule has 0 saturated carbocycles. The number of carbonyl (C=O) groups is 1. The summed E-state index contributed by atoms with van der Waals surface area (Å²) in [6.07, 6.45) is -1.26. The molecule has 0 aliphatic heterocycles. The second kappa shape index (κ2) is 3.54. The molecule has 0 radical (unpaired) electrons. The van der Waals surface area contributed by atoms with E-state index in [4.69, 9.17) is 5.11 Å². The lowest BCUT2D eigenvalue weighted by Gasteiger charge is -1.82. The van der Waals surface area contributed by atoms with Crippen LogP contribution in [-0.4, -0.2) is 11.3 Å². The van der Waals surface area contributed by atoms with Crippen LogP contribution in [-0.2, 0) is 4.18 Å². The van der Waals surface area contributed by atoms with Crippen LogP contribution in [0.5, 0.6) is 0 Å². The van der Waals surface area contributed by atoms with E-state index >= 15 is 0 Å². The molecule has 0 aliphatic carbocycles. The van der Waals surface area contributed by atoms with Gasteiger partial charge >= 0.3 is 6.16 Å². The summed E-state index contributed by atoms with van der Waals surface area (Å²) in [6.45, 7) is 0. The van der Waals surface area contributed by atoms with Gasteiger partial charge in [-0.15, -0.1) is 0 Å². The highest BCUT2D eigenvalue weighted by atomic mass is 127. The summed E-state index contributed by atoms with van der Waals surface area (Å²) in [4.78, 5) is 9.35. The third-order valence-corrected chi connectivity index (χ3v) is 0.848. The van der Waals surface area contributed by atoms with E-state index in [1.807, 2.05) is 0 Å². The van der Waals surface area contributed by atoms with Gasteiger partial charge in [0.05, 0.1) is 0 Å². The van der Waals surface area contributed by atoms with Gasteiger partial charge in [-0.1, -0.05) is 0 Å². The molecule has 0 atom stereocenters.